The minimum atomic E-state index is -0.388. The largest absolute Gasteiger partial charge is 0.497 e. The van der Waals surface area contributed by atoms with Crippen LogP contribution in [0.25, 0.3) is 0 Å². The van der Waals surface area contributed by atoms with Gasteiger partial charge in [-0.05, 0) is 42.5 Å². The SMILES string of the molecule is COc1ccc(OC)c(C(C#N)CCOc2ccc(F)cc2)c1. The maximum Gasteiger partial charge on any atom is 0.123 e. The molecule has 0 spiro atoms. The number of hydrogen-bond acceptors (Lipinski definition) is 4. The summed E-state index contributed by atoms with van der Waals surface area (Å²) < 4.78 is 28.9. The fourth-order valence-electron chi connectivity index (χ4n) is 2.23. The van der Waals surface area contributed by atoms with Crippen LogP contribution in [0, 0.1) is 17.1 Å². The summed E-state index contributed by atoms with van der Waals surface area (Å²) in [6.07, 6.45) is 0.484. The van der Waals surface area contributed by atoms with E-state index in [-0.39, 0.29) is 11.7 Å². The minimum Gasteiger partial charge on any atom is -0.497 e. The second kappa shape index (κ2) is 8.04. The summed E-state index contributed by atoms with van der Waals surface area (Å²) in [7, 11) is 3.14. The second-order valence-electron chi connectivity index (χ2n) is 4.88. The quantitative estimate of drug-likeness (QED) is 0.777. The Balaban J connectivity index is 2.05. The molecule has 2 rings (SSSR count). The highest BCUT2D eigenvalue weighted by Crippen LogP contribution is 2.32. The highest BCUT2D eigenvalue weighted by molar-refractivity contribution is 5.44. The lowest BCUT2D eigenvalue weighted by Gasteiger charge is -2.15. The predicted molar refractivity (Wildman–Crippen MR) is 84.4 cm³/mol. The van der Waals surface area contributed by atoms with Gasteiger partial charge in [-0.1, -0.05) is 0 Å². The molecule has 0 heterocycles. The standard InChI is InChI=1S/C18H18FNO3/c1-21-16-7-8-18(22-2)17(11-16)13(12-20)9-10-23-15-5-3-14(19)4-6-15/h3-8,11,13H,9-10H2,1-2H3. The fraction of sp³-hybridized carbons (Fsp3) is 0.278. The first kappa shape index (κ1) is 16.6. The van der Waals surface area contributed by atoms with Crippen LogP contribution in [0.5, 0.6) is 17.2 Å². The molecule has 0 aliphatic heterocycles. The van der Waals surface area contributed by atoms with Crippen LogP contribution in [-0.2, 0) is 0 Å². The fourth-order valence-corrected chi connectivity index (χ4v) is 2.23. The zero-order valence-electron chi connectivity index (χ0n) is 13.1. The topological polar surface area (TPSA) is 51.5 Å². The Kier molecular flexibility index (Phi) is 5.81. The molecule has 0 radical (unpaired) electrons. The normalized spacial score (nSPS) is 11.4. The van der Waals surface area contributed by atoms with Gasteiger partial charge in [-0.15, -0.1) is 0 Å². The number of benzene rings is 2. The van der Waals surface area contributed by atoms with Crippen molar-refractivity contribution in [3.05, 3.63) is 53.8 Å². The molecular weight excluding hydrogens is 297 g/mol. The van der Waals surface area contributed by atoms with Crippen molar-refractivity contribution in [2.24, 2.45) is 0 Å². The number of methoxy groups -OCH3 is 2. The molecule has 2 aromatic carbocycles. The van der Waals surface area contributed by atoms with Gasteiger partial charge in [-0.25, -0.2) is 4.39 Å². The molecule has 0 fully saturated rings. The van der Waals surface area contributed by atoms with E-state index >= 15 is 0 Å². The van der Waals surface area contributed by atoms with E-state index in [9.17, 15) is 9.65 Å². The molecule has 0 amide bonds. The Labute approximate surface area is 135 Å². The first-order valence-corrected chi connectivity index (χ1v) is 7.18. The van der Waals surface area contributed by atoms with Gasteiger partial charge in [0.1, 0.15) is 23.1 Å². The number of hydrogen-bond donors (Lipinski definition) is 0. The van der Waals surface area contributed by atoms with E-state index in [4.69, 9.17) is 14.2 Å². The molecule has 4 nitrogen and oxygen atoms in total. The molecule has 0 aliphatic carbocycles. The average Bonchev–Trinajstić information content (AvgIpc) is 2.60. The summed E-state index contributed by atoms with van der Waals surface area (Å²) in [5.41, 5.74) is 0.761. The predicted octanol–water partition coefficient (Wildman–Crippen LogP) is 3.92. The lowest BCUT2D eigenvalue weighted by molar-refractivity contribution is 0.304. The van der Waals surface area contributed by atoms with E-state index in [0.29, 0.717) is 30.3 Å². The van der Waals surface area contributed by atoms with Gasteiger partial charge in [-0.3, -0.25) is 0 Å². The summed E-state index contributed by atoms with van der Waals surface area (Å²) in [6.45, 7) is 0.338. The molecule has 0 aliphatic rings. The van der Waals surface area contributed by atoms with Crippen molar-refractivity contribution in [2.45, 2.75) is 12.3 Å². The molecule has 1 atom stereocenters. The summed E-state index contributed by atoms with van der Waals surface area (Å²) in [5, 5.41) is 9.45. The number of ether oxygens (including phenoxy) is 3. The molecule has 1 unspecified atom stereocenters. The summed E-state index contributed by atoms with van der Waals surface area (Å²) in [4.78, 5) is 0. The molecule has 2 aromatic rings. The Hall–Kier alpha value is -2.74. The zero-order valence-corrected chi connectivity index (χ0v) is 13.1. The third kappa shape index (κ3) is 4.36. The van der Waals surface area contributed by atoms with Crippen molar-refractivity contribution >= 4 is 0 Å². The van der Waals surface area contributed by atoms with Crippen LogP contribution in [0.2, 0.25) is 0 Å². The molecular formula is C18H18FNO3. The minimum absolute atomic E-state index is 0.312. The number of nitrogens with zero attached hydrogens (tertiary/aromatic N) is 1. The first-order valence-electron chi connectivity index (χ1n) is 7.18. The summed E-state index contributed by atoms with van der Waals surface area (Å²) in [6, 6.07) is 13.4. The first-order chi connectivity index (χ1) is 11.2. The van der Waals surface area contributed by atoms with Crippen LogP contribution in [0.15, 0.2) is 42.5 Å². The molecule has 23 heavy (non-hydrogen) atoms. The Bertz CT molecular complexity index is 680. The lowest BCUT2D eigenvalue weighted by atomic mass is 9.96. The number of nitriles is 1. The van der Waals surface area contributed by atoms with Crippen LogP contribution in [0.4, 0.5) is 4.39 Å². The van der Waals surface area contributed by atoms with Gasteiger partial charge >= 0.3 is 0 Å². The van der Waals surface area contributed by atoms with E-state index in [0.717, 1.165) is 5.56 Å². The molecule has 0 N–H and O–H groups in total. The monoisotopic (exact) mass is 315 g/mol. The van der Waals surface area contributed by atoms with Gasteiger partial charge < -0.3 is 14.2 Å². The molecule has 0 aromatic heterocycles. The molecule has 120 valence electrons. The second-order valence-corrected chi connectivity index (χ2v) is 4.88. The maximum absolute atomic E-state index is 12.8. The van der Waals surface area contributed by atoms with Crippen molar-refractivity contribution in [3.8, 4) is 23.3 Å². The van der Waals surface area contributed by atoms with Crippen molar-refractivity contribution < 1.29 is 18.6 Å². The van der Waals surface area contributed by atoms with E-state index in [1.807, 2.05) is 0 Å². The van der Waals surface area contributed by atoms with Gasteiger partial charge in [0.05, 0.1) is 32.8 Å². The van der Waals surface area contributed by atoms with Crippen molar-refractivity contribution in [2.75, 3.05) is 20.8 Å². The van der Waals surface area contributed by atoms with Crippen LogP contribution in [-0.4, -0.2) is 20.8 Å². The third-order valence-corrected chi connectivity index (χ3v) is 3.46. The van der Waals surface area contributed by atoms with E-state index in [1.54, 1.807) is 44.6 Å². The molecule has 0 bridgehead atoms. The van der Waals surface area contributed by atoms with Crippen LogP contribution < -0.4 is 14.2 Å². The summed E-state index contributed by atoms with van der Waals surface area (Å²) in [5.74, 6) is 1.18. The number of halogens is 1. The van der Waals surface area contributed by atoms with Crippen LogP contribution in [0.1, 0.15) is 17.9 Å². The van der Waals surface area contributed by atoms with E-state index in [2.05, 4.69) is 6.07 Å². The van der Waals surface area contributed by atoms with Crippen molar-refractivity contribution in [3.63, 3.8) is 0 Å². The highest BCUT2D eigenvalue weighted by Gasteiger charge is 2.17. The third-order valence-electron chi connectivity index (χ3n) is 3.46. The van der Waals surface area contributed by atoms with E-state index < -0.39 is 0 Å². The Morgan fingerprint density at radius 1 is 1.04 bits per heavy atom. The molecule has 5 heteroatoms. The summed E-state index contributed by atoms with van der Waals surface area (Å²) >= 11 is 0. The van der Waals surface area contributed by atoms with Crippen LogP contribution >= 0.6 is 0 Å². The van der Waals surface area contributed by atoms with Gasteiger partial charge in [-0.2, -0.15) is 5.26 Å². The van der Waals surface area contributed by atoms with Gasteiger partial charge in [0.15, 0.2) is 0 Å². The molecule has 0 saturated heterocycles. The highest BCUT2D eigenvalue weighted by atomic mass is 19.1. The Morgan fingerprint density at radius 2 is 1.74 bits per heavy atom. The van der Waals surface area contributed by atoms with Crippen LogP contribution in [0.3, 0.4) is 0 Å². The Morgan fingerprint density at radius 3 is 2.35 bits per heavy atom. The smallest absolute Gasteiger partial charge is 0.123 e. The van der Waals surface area contributed by atoms with Crippen molar-refractivity contribution in [1.82, 2.24) is 0 Å². The maximum atomic E-state index is 12.8. The van der Waals surface area contributed by atoms with Gasteiger partial charge in [0.25, 0.3) is 0 Å². The molecule has 0 saturated carbocycles. The van der Waals surface area contributed by atoms with Gasteiger partial charge in [0.2, 0.25) is 0 Å². The number of rotatable bonds is 7. The van der Waals surface area contributed by atoms with E-state index in [1.165, 1.54) is 12.1 Å². The average molecular weight is 315 g/mol. The van der Waals surface area contributed by atoms with Crippen molar-refractivity contribution in [1.29, 1.82) is 5.26 Å². The lowest BCUT2D eigenvalue weighted by Crippen LogP contribution is -2.06. The zero-order chi connectivity index (χ0) is 16.7. The van der Waals surface area contributed by atoms with Gasteiger partial charge in [0, 0.05) is 12.0 Å².